The van der Waals surface area contributed by atoms with Crippen LogP contribution in [-0.2, 0) is 29.6 Å². The molecule has 1 aliphatic rings. The van der Waals surface area contributed by atoms with Gasteiger partial charge in [0.1, 0.15) is 4.90 Å². The van der Waals surface area contributed by atoms with Crippen LogP contribution >= 0.6 is 0 Å². The van der Waals surface area contributed by atoms with Crippen molar-refractivity contribution >= 4 is 10.1 Å². The molecule has 0 N–H and O–H groups in total. The van der Waals surface area contributed by atoms with E-state index in [-0.39, 0.29) is 24.9 Å². The maximum atomic E-state index is 13.6. The van der Waals surface area contributed by atoms with Gasteiger partial charge in [-0.1, -0.05) is 77.9 Å². The van der Waals surface area contributed by atoms with Gasteiger partial charge < -0.3 is 9.47 Å². The van der Waals surface area contributed by atoms with E-state index in [4.69, 9.17) is 13.7 Å². The number of rotatable bonds is 9. The third-order valence-corrected chi connectivity index (χ3v) is 7.80. The molecule has 0 saturated carbocycles. The molecule has 0 bridgehead atoms. The molecule has 0 aromatic heterocycles. The first-order chi connectivity index (χ1) is 15.5. The van der Waals surface area contributed by atoms with Crippen LogP contribution in [0.5, 0.6) is 0 Å². The lowest BCUT2D eigenvalue weighted by Gasteiger charge is -2.28. The first kappa shape index (κ1) is 25.9. The van der Waals surface area contributed by atoms with Crippen molar-refractivity contribution in [2.24, 2.45) is 0 Å². The van der Waals surface area contributed by atoms with E-state index in [2.05, 4.69) is 19.9 Å². The highest BCUT2D eigenvalue weighted by atomic mass is 32.2. The van der Waals surface area contributed by atoms with Crippen molar-refractivity contribution in [2.75, 3.05) is 19.8 Å². The average Bonchev–Trinajstić information content (AvgIpc) is 3.23. The van der Waals surface area contributed by atoms with Crippen molar-refractivity contribution in [3.63, 3.8) is 0 Å². The molecule has 0 radical (unpaired) electrons. The van der Waals surface area contributed by atoms with Crippen molar-refractivity contribution in [1.29, 1.82) is 0 Å². The number of hydrogen-bond acceptors (Lipinski definition) is 5. The van der Waals surface area contributed by atoms with Crippen LogP contribution < -0.4 is 0 Å². The Bertz CT molecular complexity index is 1050. The molecule has 1 heterocycles. The fraction of sp³-hybridized carbons (Fsp3) is 0.556. The van der Waals surface area contributed by atoms with Gasteiger partial charge in [-0.15, -0.1) is 0 Å². The second-order valence-electron chi connectivity index (χ2n) is 9.73. The summed E-state index contributed by atoms with van der Waals surface area (Å²) in [7, 11) is -3.99. The fourth-order valence-corrected chi connectivity index (χ4v) is 6.43. The predicted molar refractivity (Wildman–Crippen MR) is 131 cm³/mol. The number of benzene rings is 2. The lowest BCUT2D eigenvalue weighted by atomic mass is 9.85. The molecule has 1 fully saturated rings. The third-order valence-electron chi connectivity index (χ3n) is 6.36. The van der Waals surface area contributed by atoms with Crippen LogP contribution in [0.1, 0.15) is 93.5 Å². The Hall–Kier alpha value is -1.73. The van der Waals surface area contributed by atoms with Gasteiger partial charge in [-0.25, -0.2) is 0 Å². The highest BCUT2D eigenvalue weighted by molar-refractivity contribution is 7.86. The molecule has 3 rings (SSSR count). The topological polar surface area (TPSA) is 61.8 Å². The van der Waals surface area contributed by atoms with Crippen molar-refractivity contribution in [3.05, 3.63) is 64.2 Å². The molecule has 5 nitrogen and oxygen atoms in total. The summed E-state index contributed by atoms with van der Waals surface area (Å²) in [6, 6.07) is 11.7. The Labute approximate surface area is 199 Å². The van der Waals surface area contributed by atoms with Gasteiger partial charge in [-0.3, -0.25) is 4.18 Å². The molecule has 33 heavy (non-hydrogen) atoms. The van der Waals surface area contributed by atoms with Gasteiger partial charge in [0.15, 0.2) is 5.79 Å². The molecule has 0 unspecified atom stereocenters. The zero-order valence-electron chi connectivity index (χ0n) is 21.0. The second kappa shape index (κ2) is 10.3. The van der Waals surface area contributed by atoms with E-state index in [9.17, 15) is 8.42 Å². The molecule has 1 aliphatic heterocycles. The minimum Gasteiger partial charge on any atom is -0.343 e. The second-order valence-corrected chi connectivity index (χ2v) is 11.3. The van der Waals surface area contributed by atoms with Crippen LogP contribution in [0.2, 0.25) is 0 Å². The summed E-state index contributed by atoms with van der Waals surface area (Å²) in [5, 5.41) is 0. The first-order valence-electron chi connectivity index (χ1n) is 11.9. The quantitative estimate of drug-likeness (QED) is 0.396. The smallest absolute Gasteiger partial charge is 0.297 e. The Kier molecular flexibility index (Phi) is 8.05. The summed E-state index contributed by atoms with van der Waals surface area (Å²) in [4.78, 5) is 0.330. The van der Waals surface area contributed by atoms with E-state index >= 15 is 0 Å². The van der Waals surface area contributed by atoms with E-state index in [0.717, 1.165) is 22.3 Å². The van der Waals surface area contributed by atoms with Gasteiger partial charge in [0.05, 0.1) is 19.8 Å². The monoisotopic (exact) mass is 474 g/mol. The van der Waals surface area contributed by atoms with Gasteiger partial charge in [0.25, 0.3) is 10.1 Å². The van der Waals surface area contributed by atoms with Crippen LogP contribution in [0.25, 0.3) is 0 Å². The molecule has 0 atom stereocenters. The molecular weight excluding hydrogens is 436 g/mol. The third kappa shape index (κ3) is 5.35. The number of hydrogen-bond donors (Lipinski definition) is 0. The van der Waals surface area contributed by atoms with Gasteiger partial charge in [-0.2, -0.15) is 8.42 Å². The maximum absolute atomic E-state index is 13.6. The zero-order valence-corrected chi connectivity index (χ0v) is 21.8. The minimum absolute atomic E-state index is 0.0305. The van der Waals surface area contributed by atoms with Crippen molar-refractivity contribution in [3.8, 4) is 0 Å². The molecule has 182 valence electrons. The van der Waals surface area contributed by atoms with Crippen LogP contribution in [0, 0.1) is 6.92 Å². The highest BCUT2D eigenvalue weighted by Gasteiger charge is 2.39. The Morgan fingerprint density at radius 3 is 2.00 bits per heavy atom. The Morgan fingerprint density at radius 1 is 0.909 bits per heavy atom. The van der Waals surface area contributed by atoms with Crippen molar-refractivity contribution < 1.29 is 22.1 Å². The molecule has 1 saturated heterocycles. The molecule has 6 heteroatoms. The van der Waals surface area contributed by atoms with E-state index in [1.165, 1.54) is 5.56 Å². The Balaban J connectivity index is 1.96. The van der Waals surface area contributed by atoms with Crippen molar-refractivity contribution in [2.45, 2.75) is 83.3 Å². The highest BCUT2D eigenvalue weighted by Crippen LogP contribution is 2.40. The molecule has 0 aliphatic carbocycles. The van der Waals surface area contributed by atoms with Gasteiger partial charge in [0, 0.05) is 12.0 Å². The lowest BCUT2D eigenvalue weighted by molar-refractivity contribution is -0.174. The summed E-state index contributed by atoms with van der Waals surface area (Å²) in [5.74, 6) is -0.575. The maximum Gasteiger partial charge on any atom is 0.297 e. The van der Waals surface area contributed by atoms with Crippen LogP contribution in [-0.4, -0.2) is 28.2 Å². The summed E-state index contributed by atoms with van der Waals surface area (Å²) in [6.45, 7) is 15.4. The SMILES string of the molecule is Cc1c(C(C)C)cc(C(C)C)c(S(=O)(=O)OCCC2(c3ccccc3)OCCO2)c1C(C)C. The summed E-state index contributed by atoms with van der Waals surface area (Å²) in [6.07, 6.45) is 0.285. The number of ether oxygens (including phenoxy) is 2. The van der Waals surface area contributed by atoms with Crippen LogP contribution in [0.15, 0.2) is 41.3 Å². The van der Waals surface area contributed by atoms with Gasteiger partial charge in [0.2, 0.25) is 0 Å². The van der Waals surface area contributed by atoms with E-state index < -0.39 is 15.9 Å². The van der Waals surface area contributed by atoms with Crippen LogP contribution in [0.3, 0.4) is 0 Å². The van der Waals surface area contributed by atoms with Gasteiger partial charge in [-0.05, 0) is 46.9 Å². The van der Waals surface area contributed by atoms with E-state index in [0.29, 0.717) is 24.0 Å². The molecule has 0 spiro atoms. The van der Waals surface area contributed by atoms with Crippen LogP contribution in [0.4, 0.5) is 0 Å². The largest absolute Gasteiger partial charge is 0.343 e. The zero-order chi connectivity index (χ0) is 24.4. The summed E-state index contributed by atoms with van der Waals surface area (Å²) in [5.41, 5.74) is 4.77. The minimum atomic E-state index is -3.99. The molecule has 0 amide bonds. The Morgan fingerprint density at radius 2 is 1.48 bits per heavy atom. The standard InChI is InChI=1S/C27H38O5S/c1-18(2)23-17-24(19(3)4)26(25(20(5)6)21(23)7)33(28,29)32-14-13-27(30-15-16-31-27)22-11-9-8-10-12-22/h8-12,17-20H,13-16H2,1-7H3. The molecular formula is C27H38O5S. The normalized spacial score (nSPS) is 16.3. The van der Waals surface area contributed by atoms with Crippen molar-refractivity contribution in [1.82, 2.24) is 0 Å². The molecule has 2 aromatic rings. The fourth-order valence-electron chi connectivity index (χ4n) is 4.77. The first-order valence-corrected chi connectivity index (χ1v) is 13.3. The average molecular weight is 475 g/mol. The summed E-state index contributed by atoms with van der Waals surface area (Å²) >= 11 is 0. The summed E-state index contributed by atoms with van der Waals surface area (Å²) < 4.78 is 44.8. The van der Waals surface area contributed by atoms with Gasteiger partial charge >= 0.3 is 0 Å². The predicted octanol–water partition coefficient (Wildman–Crippen LogP) is 6.36. The van der Waals surface area contributed by atoms with E-state index in [1.54, 1.807) is 0 Å². The van der Waals surface area contributed by atoms with E-state index in [1.807, 2.05) is 65.0 Å². The molecule has 2 aromatic carbocycles. The lowest BCUT2D eigenvalue weighted by Crippen LogP contribution is -2.29.